The molecule has 0 bridgehead atoms. The third-order valence-electron chi connectivity index (χ3n) is 3.51. The second-order valence-corrected chi connectivity index (χ2v) is 4.92. The number of carboxylic acids is 1. The number of carbonyl (C=O) groups excluding carboxylic acids is 1. The number of benzene rings is 1. The summed E-state index contributed by atoms with van der Waals surface area (Å²) in [5, 5.41) is 11.4. The highest BCUT2D eigenvalue weighted by atomic mass is 35.5. The van der Waals surface area contributed by atoms with Crippen LogP contribution in [0.2, 0.25) is 5.02 Å². The van der Waals surface area contributed by atoms with Crippen LogP contribution in [0.3, 0.4) is 0 Å². The lowest BCUT2D eigenvalue weighted by atomic mass is 10.1. The van der Waals surface area contributed by atoms with Gasteiger partial charge in [-0.2, -0.15) is 0 Å². The SMILES string of the molecule is CC[NH+]1CCN(c2cccc(Cl)c2C(=O)[O-])CC1. The molecule has 0 radical (unpaired) electrons. The first-order valence-corrected chi connectivity index (χ1v) is 6.59. The molecule has 1 saturated heterocycles. The van der Waals surface area contributed by atoms with Gasteiger partial charge >= 0.3 is 0 Å². The van der Waals surface area contributed by atoms with Crippen LogP contribution in [0.15, 0.2) is 18.2 Å². The maximum absolute atomic E-state index is 11.2. The first-order chi connectivity index (χ1) is 8.63. The Morgan fingerprint density at radius 2 is 2.11 bits per heavy atom. The number of rotatable bonds is 3. The molecule has 1 heterocycles. The number of carbonyl (C=O) groups is 1. The van der Waals surface area contributed by atoms with Crippen molar-refractivity contribution >= 4 is 23.3 Å². The lowest BCUT2D eigenvalue weighted by molar-refractivity contribution is -0.898. The van der Waals surface area contributed by atoms with E-state index in [2.05, 4.69) is 11.8 Å². The Balaban J connectivity index is 2.24. The molecule has 0 unspecified atom stereocenters. The number of piperazine rings is 1. The zero-order valence-corrected chi connectivity index (χ0v) is 11.2. The van der Waals surface area contributed by atoms with Gasteiger partial charge in [-0.3, -0.25) is 0 Å². The van der Waals surface area contributed by atoms with Gasteiger partial charge in [0, 0.05) is 11.3 Å². The molecule has 1 aliphatic rings. The summed E-state index contributed by atoms with van der Waals surface area (Å²) < 4.78 is 0. The molecule has 0 spiro atoms. The molecule has 1 aliphatic heterocycles. The Labute approximate surface area is 112 Å². The summed E-state index contributed by atoms with van der Waals surface area (Å²) in [6, 6.07) is 5.17. The van der Waals surface area contributed by atoms with E-state index in [4.69, 9.17) is 11.6 Å². The number of halogens is 1. The summed E-state index contributed by atoms with van der Waals surface area (Å²) in [4.78, 5) is 14.8. The standard InChI is InChI=1S/C13H17ClN2O2/c1-2-15-6-8-16(9-7-15)11-5-3-4-10(14)12(11)13(17)18/h3-5H,2,6-9H2,1H3,(H,17,18). The fourth-order valence-corrected chi connectivity index (χ4v) is 2.64. The van der Waals surface area contributed by atoms with Gasteiger partial charge < -0.3 is 19.7 Å². The van der Waals surface area contributed by atoms with Gasteiger partial charge in [-0.05, 0) is 19.1 Å². The van der Waals surface area contributed by atoms with Crippen molar-refractivity contribution in [3.05, 3.63) is 28.8 Å². The highest BCUT2D eigenvalue weighted by molar-refractivity contribution is 6.34. The lowest BCUT2D eigenvalue weighted by Crippen LogP contribution is -3.14. The van der Waals surface area contributed by atoms with Gasteiger partial charge in [-0.1, -0.05) is 17.7 Å². The molecule has 1 aromatic rings. The van der Waals surface area contributed by atoms with Gasteiger partial charge in [-0.25, -0.2) is 0 Å². The zero-order chi connectivity index (χ0) is 13.1. The molecule has 5 heteroatoms. The number of anilines is 1. The van der Waals surface area contributed by atoms with Gasteiger partial charge in [0.05, 0.1) is 43.7 Å². The molecular formula is C13H17ClN2O2. The number of carboxylic acid groups (broad SMARTS) is 1. The van der Waals surface area contributed by atoms with Crippen LogP contribution in [0.5, 0.6) is 0 Å². The maximum atomic E-state index is 11.2. The van der Waals surface area contributed by atoms with E-state index in [9.17, 15) is 9.90 Å². The molecule has 98 valence electrons. The van der Waals surface area contributed by atoms with Crippen LogP contribution in [0.25, 0.3) is 0 Å². The van der Waals surface area contributed by atoms with Crippen molar-refractivity contribution in [2.45, 2.75) is 6.92 Å². The summed E-state index contributed by atoms with van der Waals surface area (Å²) >= 11 is 5.95. The maximum Gasteiger partial charge on any atom is 0.0949 e. The van der Waals surface area contributed by atoms with Crippen LogP contribution in [-0.2, 0) is 0 Å². The summed E-state index contributed by atoms with van der Waals surface area (Å²) in [7, 11) is 0. The normalized spacial score (nSPS) is 16.9. The summed E-state index contributed by atoms with van der Waals surface area (Å²) in [6.07, 6.45) is 0. The van der Waals surface area contributed by atoms with Crippen molar-refractivity contribution in [2.24, 2.45) is 0 Å². The molecule has 18 heavy (non-hydrogen) atoms. The van der Waals surface area contributed by atoms with Gasteiger partial charge in [0.2, 0.25) is 0 Å². The number of quaternary nitrogens is 1. The Morgan fingerprint density at radius 1 is 1.44 bits per heavy atom. The third kappa shape index (κ3) is 2.60. The van der Waals surface area contributed by atoms with Gasteiger partial charge in [0.15, 0.2) is 0 Å². The van der Waals surface area contributed by atoms with Crippen molar-refractivity contribution in [2.75, 3.05) is 37.6 Å². The number of nitrogens with one attached hydrogen (secondary N) is 1. The van der Waals surface area contributed by atoms with Crippen LogP contribution in [0.4, 0.5) is 5.69 Å². The number of likely N-dealkylation sites (N-methyl/N-ethyl adjacent to an activating group) is 1. The number of hydrogen-bond acceptors (Lipinski definition) is 3. The van der Waals surface area contributed by atoms with Crippen molar-refractivity contribution in [3.63, 3.8) is 0 Å². The predicted molar refractivity (Wildman–Crippen MR) is 69.2 cm³/mol. The van der Waals surface area contributed by atoms with E-state index >= 15 is 0 Å². The van der Waals surface area contributed by atoms with Crippen LogP contribution >= 0.6 is 11.6 Å². The molecule has 0 aliphatic carbocycles. The molecule has 0 saturated carbocycles. The minimum Gasteiger partial charge on any atom is -0.545 e. The second kappa shape index (κ2) is 5.59. The van der Waals surface area contributed by atoms with E-state index in [1.165, 1.54) is 0 Å². The van der Waals surface area contributed by atoms with Crippen LogP contribution < -0.4 is 14.9 Å². The molecule has 0 atom stereocenters. The Kier molecular flexibility index (Phi) is 4.09. The molecular weight excluding hydrogens is 252 g/mol. The minimum absolute atomic E-state index is 0.110. The molecule has 1 fully saturated rings. The number of hydrogen-bond donors (Lipinski definition) is 1. The van der Waals surface area contributed by atoms with Crippen molar-refractivity contribution in [1.82, 2.24) is 0 Å². The Hall–Kier alpha value is -1.26. The van der Waals surface area contributed by atoms with Crippen LogP contribution in [0, 0.1) is 0 Å². The molecule has 1 aromatic carbocycles. The quantitative estimate of drug-likeness (QED) is 0.799. The van der Waals surface area contributed by atoms with E-state index in [0.717, 1.165) is 32.7 Å². The first kappa shape index (κ1) is 13.2. The van der Waals surface area contributed by atoms with Crippen molar-refractivity contribution in [1.29, 1.82) is 0 Å². The minimum atomic E-state index is -1.21. The van der Waals surface area contributed by atoms with Crippen LogP contribution in [0.1, 0.15) is 17.3 Å². The highest BCUT2D eigenvalue weighted by Crippen LogP contribution is 2.26. The van der Waals surface area contributed by atoms with Crippen LogP contribution in [-0.4, -0.2) is 38.7 Å². The summed E-state index contributed by atoms with van der Waals surface area (Å²) in [5.41, 5.74) is 0.789. The third-order valence-corrected chi connectivity index (χ3v) is 3.82. The van der Waals surface area contributed by atoms with E-state index in [1.807, 2.05) is 0 Å². The topological polar surface area (TPSA) is 47.8 Å². The zero-order valence-electron chi connectivity index (χ0n) is 10.4. The Bertz CT molecular complexity index is 443. The average molecular weight is 269 g/mol. The number of nitrogens with zero attached hydrogens (tertiary/aromatic N) is 1. The van der Waals surface area contributed by atoms with Gasteiger partial charge in [0.1, 0.15) is 0 Å². The van der Waals surface area contributed by atoms with Gasteiger partial charge in [-0.15, -0.1) is 0 Å². The molecule has 0 amide bonds. The largest absolute Gasteiger partial charge is 0.545 e. The van der Waals surface area contributed by atoms with E-state index in [-0.39, 0.29) is 10.6 Å². The Morgan fingerprint density at radius 3 is 2.67 bits per heavy atom. The second-order valence-electron chi connectivity index (χ2n) is 4.51. The van der Waals surface area contributed by atoms with Gasteiger partial charge in [0.25, 0.3) is 0 Å². The molecule has 4 nitrogen and oxygen atoms in total. The smallest absolute Gasteiger partial charge is 0.0949 e. The van der Waals surface area contributed by atoms with E-state index < -0.39 is 5.97 Å². The number of aromatic carboxylic acids is 1. The van der Waals surface area contributed by atoms with E-state index in [1.54, 1.807) is 23.1 Å². The monoisotopic (exact) mass is 268 g/mol. The lowest BCUT2D eigenvalue weighted by Gasteiger charge is -2.34. The van der Waals surface area contributed by atoms with E-state index in [0.29, 0.717) is 5.69 Å². The molecule has 2 rings (SSSR count). The summed E-state index contributed by atoms with van der Waals surface area (Å²) in [6.45, 7) is 7.02. The fourth-order valence-electron chi connectivity index (χ4n) is 2.40. The van der Waals surface area contributed by atoms with Crippen molar-refractivity contribution in [3.8, 4) is 0 Å². The molecule has 0 aromatic heterocycles. The molecule has 1 N–H and O–H groups in total. The average Bonchev–Trinajstić information content (AvgIpc) is 2.38. The predicted octanol–water partition coefficient (Wildman–Crippen LogP) is -0.572. The summed E-state index contributed by atoms with van der Waals surface area (Å²) in [5.74, 6) is -1.21. The van der Waals surface area contributed by atoms with Crippen molar-refractivity contribution < 1.29 is 14.8 Å². The fraction of sp³-hybridized carbons (Fsp3) is 0.462. The first-order valence-electron chi connectivity index (χ1n) is 6.22. The highest BCUT2D eigenvalue weighted by Gasteiger charge is 2.21.